The van der Waals surface area contributed by atoms with Gasteiger partial charge in [-0.1, -0.05) is 6.07 Å². The van der Waals surface area contributed by atoms with Gasteiger partial charge >= 0.3 is 18.2 Å². The van der Waals surface area contributed by atoms with Gasteiger partial charge in [-0.05, 0) is 17.7 Å². The van der Waals surface area contributed by atoms with Gasteiger partial charge in [0, 0.05) is 46.5 Å². The van der Waals surface area contributed by atoms with Crippen molar-refractivity contribution in [2.45, 2.75) is 25.3 Å². The summed E-state index contributed by atoms with van der Waals surface area (Å²) in [5.74, 6) is -1.15. The van der Waals surface area contributed by atoms with Crippen molar-refractivity contribution in [2.24, 2.45) is 0 Å². The van der Waals surface area contributed by atoms with Gasteiger partial charge in [0.1, 0.15) is 0 Å². The maximum absolute atomic E-state index is 11.9. The van der Waals surface area contributed by atoms with Gasteiger partial charge in [-0.15, -0.1) is 0 Å². The minimum atomic E-state index is -5.08. The molecule has 0 aliphatic carbocycles. The third-order valence-electron chi connectivity index (χ3n) is 4.97. The topological polar surface area (TPSA) is 109 Å². The van der Waals surface area contributed by atoms with Crippen LogP contribution in [0.4, 0.5) is 18.0 Å². The Morgan fingerprint density at radius 3 is 2.64 bits per heavy atom. The number of hydrogen-bond donors (Lipinski definition) is 2. The molecular formula is C20H24F3N5O5. The van der Waals surface area contributed by atoms with Crippen molar-refractivity contribution in [3.8, 4) is 11.5 Å². The van der Waals surface area contributed by atoms with E-state index in [-0.39, 0.29) is 18.9 Å². The Labute approximate surface area is 187 Å². The number of aliphatic carboxylic acids is 1. The van der Waals surface area contributed by atoms with Gasteiger partial charge in [0.2, 0.25) is 6.79 Å². The molecule has 10 nitrogen and oxygen atoms in total. The summed E-state index contributed by atoms with van der Waals surface area (Å²) in [5.41, 5.74) is 2.33. The van der Waals surface area contributed by atoms with Gasteiger partial charge in [0.05, 0.1) is 18.1 Å². The molecule has 2 amide bonds. The summed E-state index contributed by atoms with van der Waals surface area (Å²) in [6, 6.07) is 6.14. The number of amides is 2. The highest BCUT2D eigenvalue weighted by molar-refractivity contribution is 5.73. The van der Waals surface area contributed by atoms with Gasteiger partial charge in [-0.3, -0.25) is 4.90 Å². The molecule has 4 rings (SSSR count). The van der Waals surface area contributed by atoms with Gasteiger partial charge < -0.3 is 29.4 Å². The zero-order valence-electron chi connectivity index (χ0n) is 18.0. The van der Waals surface area contributed by atoms with Crippen LogP contribution < -0.4 is 14.8 Å². The molecule has 3 heterocycles. The van der Waals surface area contributed by atoms with E-state index in [9.17, 15) is 18.0 Å². The summed E-state index contributed by atoms with van der Waals surface area (Å²) < 4.78 is 44.7. The Kier molecular flexibility index (Phi) is 7.31. The van der Waals surface area contributed by atoms with Crippen molar-refractivity contribution >= 4 is 12.0 Å². The molecular weight excluding hydrogens is 447 g/mol. The second kappa shape index (κ2) is 9.98. The molecule has 0 spiro atoms. The van der Waals surface area contributed by atoms with Crippen LogP contribution in [0, 0.1) is 0 Å². The average molecular weight is 471 g/mol. The van der Waals surface area contributed by atoms with Crippen LogP contribution in [0.25, 0.3) is 0 Å². The van der Waals surface area contributed by atoms with Crippen LogP contribution in [-0.4, -0.2) is 76.6 Å². The standard InChI is InChI=1S/C18H23N5O3.C2HF3O2/c1-21(2)18(24)20-7-15-10-22(9-14-6-19-11-23(14)15)8-13-3-4-16-17(5-13)26-12-25-16;3-2(4,5)1(6)7/h3-6,11,15H,7-10,12H2,1-2H3,(H,20,24);(H,6,7). The van der Waals surface area contributed by atoms with Crippen molar-refractivity contribution in [1.82, 2.24) is 24.7 Å². The molecule has 0 fully saturated rings. The fraction of sp³-hybridized carbons (Fsp3) is 0.450. The lowest BCUT2D eigenvalue weighted by molar-refractivity contribution is -0.192. The van der Waals surface area contributed by atoms with Crippen molar-refractivity contribution < 1.29 is 37.3 Å². The second-order valence-electron chi connectivity index (χ2n) is 7.69. The third kappa shape index (κ3) is 6.28. The fourth-order valence-corrected chi connectivity index (χ4v) is 3.41. The number of halogens is 3. The predicted molar refractivity (Wildman–Crippen MR) is 109 cm³/mol. The number of benzene rings is 1. The molecule has 2 aromatic rings. The van der Waals surface area contributed by atoms with Gasteiger partial charge in [-0.2, -0.15) is 13.2 Å². The smallest absolute Gasteiger partial charge is 0.475 e. The number of hydrogen-bond acceptors (Lipinski definition) is 6. The maximum Gasteiger partial charge on any atom is 0.490 e. The Bertz CT molecular complexity index is 995. The molecule has 0 bridgehead atoms. The number of alkyl halides is 3. The molecule has 0 saturated heterocycles. The molecule has 1 aromatic carbocycles. The number of ether oxygens (including phenoxy) is 2. The number of nitrogens with zero attached hydrogens (tertiary/aromatic N) is 4. The SMILES string of the molecule is CN(C)C(=O)NCC1CN(Cc2ccc3c(c2)OCO3)Cc2cncn21.O=C(O)C(F)(F)F. The molecule has 180 valence electrons. The minimum absolute atomic E-state index is 0.0837. The zero-order valence-corrected chi connectivity index (χ0v) is 18.0. The zero-order chi connectivity index (χ0) is 24.2. The Hall–Kier alpha value is -3.48. The van der Waals surface area contributed by atoms with Crippen molar-refractivity contribution in [2.75, 3.05) is 34.0 Å². The lowest BCUT2D eigenvalue weighted by Crippen LogP contribution is -2.44. The van der Waals surface area contributed by atoms with E-state index in [1.165, 1.54) is 5.56 Å². The molecule has 0 radical (unpaired) electrons. The van der Waals surface area contributed by atoms with E-state index in [1.807, 2.05) is 24.7 Å². The van der Waals surface area contributed by atoms with Gasteiger partial charge in [0.25, 0.3) is 0 Å². The molecule has 33 heavy (non-hydrogen) atoms. The summed E-state index contributed by atoms with van der Waals surface area (Å²) in [6.45, 7) is 3.32. The Morgan fingerprint density at radius 1 is 1.27 bits per heavy atom. The number of carboxylic acids is 1. The maximum atomic E-state index is 11.9. The first-order valence-electron chi connectivity index (χ1n) is 9.91. The van der Waals surface area contributed by atoms with Gasteiger partial charge in [0.15, 0.2) is 11.5 Å². The van der Waals surface area contributed by atoms with Crippen molar-refractivity contribution in [3.05, 3.63) is 42.0 Å². The predicted octanol–water partition coefficient (Wildman–Crippen LogP) is 2.07. The number of urea groups is 1. The summed E-state index contributed by atoms with van der Waals surface area (Å²) >= 11 is 0. The van der Waals surface area contributed by atoms with Crippen LogP contribution in [0.15, 0.2) is 30.7 Å². The first-order chi connectivity index (χ1) is 15.5. The lowest BCUT2D eigenvalue weighted by Gasteiger charge is -2.34. The molecule has 13 heteroatoms. The van der Waals surface area contributed by atoms with E-state index in [4.69, 9.17) is 19.4 Å². The number of carboxylic acid groups (broad SMARTS) is 1. The first-order valence-corrected chi connectivity index (χ1v) is 9.91. The Balaban J connectivity index is 0.000000383. The van der Waals surface area contributed by atoms with Crippen LogP contribution in [0.2, 0.25) is 0 Å². The summed E-state index contributed by atoms with van der Waals surface area (Å²) in [5, 5.41) is 10.1. The van der Waals surface area contributed by atoms with Crippen molar-refractivity contribution in [1.29, 1.82) is 0 Å². The highest BCUT2D eigenvalue weighted by atomic mass is 19.4. The van der Waals surface area contributed by atoms with E-state index < -0.39 is 12.1 Å². The molecule has 1 atom stereocenters. The number of imidazole rings is 1. The highest BCUT2D eigenvalue weighted by Crippen LogP contribution is 2.33. The van der Waals surface area contributed by atoms with Crippen LogP contribution >= 0.6 is 0 Å². The number of fused-ring (bicyclic) bond motifs is 2. The quantitative estimate of drug-likeness (QED) is 0.703. The minimum Gasteiger partial charge on any atom is -0.475 e. The number of nitrogens with one attached hydrogen (secondary N) is 1. The highest BCUT2D eigenvalue weighted by Gasteiger charge is 2.38. The van der Waals surface area contributed by atoms with E-state index >= 15 is 0 Å². The second-order valence-corrected chi connectivity index (χ2v) is 7.69. The van der Waals surface area contributed by atoms with Crippen molar-refractivity contribution in [3.63, 3.8) is 0 Å². The van der Waals surface area contributed by atoms with Gasteiger partial charge in [-0.25, -0.2) is 14.6 Å². The van der Waals surface area contributed by atoms with Crippen LogP contribution in [0.1, 0.15) is 17.3 Å². The Morgan fingerprint density at radius 2 is 1.97 bits per heavy atom. The molecule has 2 N–H and O–H groups in total. The normalized spacial score (nSPS) is 16.9. The van der Waals surface area contributed by atoms with E-state index in [0.717, 1.165) is 36.8 Å². The largest absolute Gasteiger partial charge is 0.490 e. The average Bonchev–Trinajstić information content (AvgIpc) is 3.40. The van der Waals surface area contributed by atoms with Crippen LogP contribution in [-0.2, 0) is 17.9 Å². The first kappa shape index (κ1) is 24.2. The molecule has 0 saturated carbocycles. The van der Waals surface area contributed by atoms with E-state index in [1.54, 1.807) is 19.0 Å². The summed E-state index contributed by atoms with van der Waals surface area (Å²) in [4.78, 5) is 29.0. The summed E-state index contributed by atoms with van der Waals surface area (Å²) in [7, 11) is 3.48. The molecule has 2 aliphatic heterocycles. The monoisotopic (exact) mass is 471 g/mol. The third-order valence-corrected chi connectivity index (χ3v) is 4.97. The lowest BCUT2D eigenvalue weighted by atomic mass is 10.1. The van der Waals surface area contributed by atoms with E-state index in [2.05, 4.69) is 25.8 Å². The number of carbonyl (C=O) groups excluding carboxylic acids is 1. The number of carbonyl (C=O) groups is 2. The number of rotatable bonds is 4. The van der Waals surface area contributed by atoms with E-state index in [0.29, 0.717) is 6.54 Å². The molecule has 1 unspecified atom stereocenters. The fourth-order valence-electron chi connectivity index (χ4n) is 3.41. The number of aromatic nitrogens is 2. The van der Waals surface area contributed by atoms with Crippen LogP contribution in [0.3, 0.4) is 0 Å². The molecule has 1 aromatic heterocycles. The molecule has 2 aliphatic rings. The summed E-state index contributed by atoms with van der Waals surface area (Å²) in [6.07, 6.45) is -1.34. The van der Waals surface area contributed by atoms with Crippen LogP contribution in [0.5, 0.6) is 11.5 Å².